The molecule has 0 bridgehead atoms. The average molecular weight is 319 g/mol. The van der Waals surface area contributed by atoms with Gasteiger partial charge in [-0.3, -0.25) is 9.78 Å². The number of aromatic nitrogens is 1. The van der Waals surface area contributed by atoms with Crippen molar-refractivity contribution in [2.75, 3.05) is 13.6 Å². The van der Waals surface area contributed by atoms with Crippen molar-refractivity contribution in [2.24, 2.45) is 0 Å². The molecular formula is C15H17N3O3S. The normalized spacial score (nSPS) is 11.1. The lowest BCUT2D eigenvalue weighted by Gasteiger charge is -2.07. The Bertz CT molecular complexity index is 746. The highest BCUT2D eigenvalue weighted by molar-refractivity contribution is 7.89. The quantitative estimate of drug-likeness (QED) is 0.830. The Morgan fingerprint density at radius 1 is 1.18 bits per heavy atom. The molecule has 2 N–H and O–H groups in total. The van der Waals surface area contributed by atoms with E-state index in [2.05, 4.69) is 15.0 Å². The van der Waals surface area contributed by atoms with Gasteiger partial charge in [0.1, 0.15) is 0 Å². The van der Waals surface area contributed by atoms with E-state index in [4.69, 9.17) is 0 Å². The van der Waals surface area contributed by atoms with Gasteiger partial charge in [0.15, 0.2) is 0 Å². The van der Waals surface area contributed by atoms with E-state index in [1.807, 2.05) is 18.2 Å². The van der Waals surface area contributed by atoms with Crippen molar-refractivity contribution in [3.63, 3.8) is 0 Å². The maximum Gasteiger partial charge on any atom is 0.251 e. The number of sulfonamides is 1. The van der Waals surface area contributed by atoms with Crippen LogP contribution in [0, 0.1) is 0 Å². The van der Waals surface area contributed by atoms with E-state index in [0.717, 1.165) is 5.69 Å². The van der Waals surface area contributed by atoms with Crippen molar-refractivity contribution in [3.8, 4) is 0 Å². The average Bonchev–Trinajstić information content (AvgIpc) is 2.56. The monoisotopic (exact) mass is 319 g/mol. The molecule has 0 saturated heterocycles. The third kappa shape index (κ3) is 4.12. The number of nitrogens with zero attached hydrogens (tertiary/aromatic N) is 1. The summed E-state index contributed by atoms with van der Waals surface area (Å²) in [5.74, 6) is -0.316. The topological polar surface area (TPSA) is 88.2 Å². The molecule has 22 heavy (non-hydrogen) atoms. The van der Waals surface area contributed by atoms with Crippen LogP contribution < -0.4 is 10.0 Å². The fraction of sp³-hybridized carbons (Fsp3) is 0.200. The first-order valence-electron chi connectivity index (χ1n) is 6.74. The summed E-state index contributed by atoms with van der Waals surface area (Å²) in [4.78, 5) is 16.3. The highest BCUT2D eigenvalue weighted by atomic mass is 32.2. The number of nitrogens with one attached hydrogen (secondary N) is 2. The van der Waals surface area contributed by atoms with Crippen molar-refractivity contribution in [1.82, 2.24) is 15.0 Å². The van der Waals surface area contributed by atoms with Crippen LogP contribution in [-0.4, -0.2) is 32.9 Å². The number of rotatable bonds is 6. The Kier molecular flexibility index (Phi) is 5.24. The molecule has 6 nitrogen and oxygen atoms in total. The lowest BCUT2D eigenvalue weighted by atomic mass is 10.2. The first-order chi connectivity index (χ1) is 10.5. The number of hydrogen-bond donors (Lipinski definition) is 2. The molecule has 7 heteroatoms. The molecule has 1 aromatic carbocycles. The number of amides is 1. The van der Waals surface area contributed by atoms with E-state index in [1.54, 1.807) is 12.3 Å². The lowest BCUT2D eigenvalue weighted by Crippen LogP contribution is -2.26. The number of hydrogen-bond acceptors (Lipinski definition) is 4. The Hall–Kier alpha value is -2.25. The molecule has 0 aliphatic rings. The maximum absolute atomic E-state index is 12.1. The van der Waals surface area contributed by atoms with Crippen LogP contribution >= 0.6 is 0 Å². The van der Waals surface area contributed by atoms with Crippen LogP contribution in [0.4, 0.5) is 0 Å². The highest BCUT2D eigenvalue weighted by Gasteiger charge is 2.14. The summed E-state index contributed by atoms with van der Waals surface area (Å²) < 4.78 is 25.7. The van der Waals surface area contributed by atoms with Crippen LogP contribution in [0.5, 0.6) is 0 Å². The molecule has 2 aromatic rings. The second-order valence-electron chi connectivity index (χ2n) is 4.56. The van der Waals surface area contributed by atoms with E-state index < -0.39 is 10.0 Å². The summed E-state index contributed by atoms with van der Waals surface area (Å²) in [6.45, 7) is 0.429. The molecule has 1 aromatic heterocycles. The minimum Gasteiger partial charge on any atom is -0.352 e. The molecule has 116 valence electrons. The van der Waals surface area contributed by atoms with Gasteiger partial charge in [-0.2, -0.15) is 0 Å². The minimum absolute atomic E-state index is 0.0624. The molecule has 0 atom stereocenters. The molecule has 1 amide bonds. The van der Waals surface area contributed by atoms with Crippen LogP contribution in [-0.2, 0) is 16.4 Å². The third-order valence-electron chi connectivity index (χ3n) is 3.07. The van der Waals surface area contributed by atoms with Gasteiger partial charge in [0.2, 0.25) is 10.0 Å². The van der Waals surface area contributed by atoms with Crippen molar-refractivity contribution >= 4 is 15.9 Å². The van der Waals surface area contributed by atoms with Crippen molar-refractivity contribution in [3.05, 3.63) is 59.9 Å². The van der Waals surface area contributed by atoms with Gasteiger partial charge in [-0.05, 0) is 37.4 Å². The molecule has 1 heterocycles. The SMILES string of the molecule is CNS(=O)(=O)c1cccc(C(=O)NCCc2ccccn2)c1. The Morgan fingerprint density at radius 3 is 2.68 bits per heavy atom. The van der Waals surface area contributed by atoms with E-state index in [1.165, 1.54) is 25.2 Å². The van der Waals surface area contributed by atoms with Gasteiger partial charge in [-0.15, -0.1) is 0 Å². The molecule has 2 rings (SSSR count). The lowest BCUT2D eigenvalue weighted by molar-refractivity contribution is 0.0954. The number of carbonyl (C=O) groups excluding carboxylic acids is 1. The predicted molar refractivity (Wildman–Crippen MR) is 83.0 cm³/mol. The fourth-order valence-corrected chi connectivity index (χ4v) is 2.65. The van der Waals surface area contributed by atoms with Gasteiger partial charge in [0.05, 0.1) is 4.90 Å². The van der Waals surface area contributed by atoms with E-state index in [9.17, 15) is 13.2 Å². The van der Waals surface area contributed by atoms with E-state index in [-0.39, 0.29) is 10.8 Å². The van der Waals surface area contributed by atoms with E-state index in [0.29, 0.717) is 18.5 Å². The number of carbonyl (C=O) groups is 1. The van der Waals surface area contributed by atoms with Crippen molar-refractivity contribution < 1.29 is 13.2 Å². The largest absolute Gasteiger partial charge is 0.352 e. The first-order valence-corrected chi connectivity index (χ1v) is 8.23. The maximum atomic E-state index is 12.1. The zero-order chi connectivity index (χ0) is 16.0. The Labute approximate surface area is 129 Å². The third-order valence-corrected chi connectivity index (χ3v) is 4.48. The first kappa shape index (κ1) is 16.1. The highest BCUT2D eigenvalue weighted by Crippen LogP contribution is 2.11. The summed E-state index contributed by atoms with van der Waals surface area (Å²) in [7, 11) is -2.23. The summed E-state index contributed by atoms with van der Waals surface area (Å²) in [6, 6.07) is 11.5. The second kappa shape index (κ2) is 7.15. The molecule has 0 unspecified atom stereocenters. The minimum atomic E-state index is -3.56. The van der Waals surface area contributed by atoms with E-state index >= 15 is 0 Å². The summed E-state index contributed by atoms with van der Waals surface area (Å²) in [5, 5.41) is 2.75. The van der Waals surface area contributed by atoms with Gasteiger partial charge in [0.25, 0.3) is 5.91 Å². The zero-order valence-corrected chi connectivity index (χ0v) is 12.9. The Morgan fingerprint density at radius 2 is 2.00 bits per heavy atom. The van der Waals surface area contributed by atoms with Gasteiger partial charge in [-0.1, -0.05) is 12.1 Å². The van der Waals surface area contributed by atoms with Crippen LogP contribution in [0.1, 0.15) is 16.1 Å². The summed E-state index contributed by atoms with van der Waals surface area (Å²) in [5.41, 5.74) is 1.19. The molecule has 0 radical (unpaired) electrons. The zero-order valence-electron chi connectivity index (χ0n) is 12.1. The molecule has 0 aliphatic heterocycles. The second-order valence-corrected chi connectivity index (χ2v) is 6.45. The molecule has 0 aliphatic carbocycles. The van der Waals surface area contributed by atoms with Crippen molar-refractivity contribution in [1.29, 1.82) is 0 Å². The fourth-order valence-electron chi connectivity index (χ4n) is 1.87. The molecule has 0 fully saturated rings. The molecular weight excluding hydrogens is 302 g/mol. The number of pyridine rings is 1. The number of benzene rings is 1. The van der Waals surface area contributed by atoms with Crippen LogP contribution in [0.3, 0.4) is 0 Å². The summed E-state index contributed by atoms with van der Waals surface area (Å²) >= 11 is 0. The molecule has 0 saturated carbocycles. The standard InChI is InChI=1S/C15H17N3O3S/c1-16-22(20,21)14-7-4-5-12(11-14)15(19)18-10-8-13-6-2-3-9-17-13/h2-7,9,11,16H,8,10H2,1H3,(H,18,19). The van der Waals surface area contributed by atoms with Gasteiger partial charge >= 0.3 is 0 Å². The predicted octanol–water partition coefficient (Wildman–Crippen LogP) is 0.962. The van der Waals surface area contributed by atoms with Gasteiger partial charge in [0, 0.05) is 30.4 Å². The Balaban J connectivity index is 2.00. The van der Waals surface area contributed by atoms with Crippen LogP contribution in [0.25, 0.3) is 0 Å². The van der Waals surface area contributed by atoms with Crippen molar-refractivity contribution in [2.45, 2.75) is 11.3 Å². The van der Waals surface area contributed by atoms with Gasteiger partial charge in [-0.25, -0.2) is 13.1 Å². The summed E-state index contributed by atoms with van der Waals surface area (Å²) in [6.07, 6.45) is 2.31. The van der Waals surface area contributed by atoms with Crippen LogP contribution in [0.2, 0.25) is 0 Å². The molecule has 0 spiro atoms. The van der Waals surface area contributed by atoms with Gasteiger partial charge < -0.3 is 5.32 Å². The van der Waals surface area contributed by atoms with Crippen LogP contribution in [0.15, 0.2) is 53.6 Å². The smallest absolute Gasteiger partial charge is 0.251 e.